The summed E-state index contributed by atoms with van der Waals surface area (Å²) in [6, 6.07) is 21.8. The number of carbonyl (C=O) groups excluding carboxylic acids is 1. The van der Waals surface area contributed by atoms with E-state index in [9.17, 15) is 4.79 Å². The predicted molar refractivity (Wildman–Crippen MR) is 119 cm³/mol. The summed E-state index contributed by atoms with van der Waals surface area (Å²) in [4.78, 5) is 19.9. The monoisotopic (exact) mass is 399 g/mol. The highest BCUT2D eigenvalue weighted by atomic mass is 16.3. The van der Waals surface area contributed by atoms with Crippen molar-refractivity contribution in [2.24, 2.45) is 0 Å². The number of hydrogen-bond acceptors (Lipinski definition) is 3. The highest BCUT2D eigenvalue weighted by Gasteiger charge is 2.20. The maximum Gasteiger partial charge on any atom is 0.243 e. The average molecular weight is 399 g/mol. The Hall–Kier alpha value is -3.60. The zero-order valence-corrected chi connectivity index (χ0v) is 17.2. The number of carbonyl (C=O) groups is 1. The van der Waals surface area contributed by atoms with Gasteiger partial charge >= 0.3 is 0 Å². The maximum absolute atomic E-state index is 13.3. The molecule has 30 heavy (non-hydrogen) atoms. The third-order valence-electron chi connectivity index (χ3n) is 5.06. The molecular formula is C25H25N3O2. The Morgan fingerprint density at radius 3 is 2.53 bits per heavy atom. The molecular weight excluding hydrogens is 374 g/mol. The van der Waals surface area contributed by atoms with Crippen LogP contribution in [-0.2, 0) is 17.9 Å². The molecule has 0 N–H and O–H groups in total. The summed E-state index contributed by atoms with van der Waals surface area (Å²) < 4.78 is 7.36. The van der Waals surface area contributed by atoms with Crippen molar-refractivity contribution >= 4 is 29.1 Å². The lowest BCUT2D eigenvalue weighted by Crippen LogP contribution is -2.38. The van der Waals surface area contributed by atoms with Gasteiger partial charge in [-0.3, -0.25) is 4.79 Å². The van der Waals surface area contributed by atoms with Gasteiger partial charge < -0.3 is 13.9 Å². The Labute approximate surface area is 176 Å². The van der Waals surface area contributed by atoms with Crippen molar-refractivity contribution in [3.05, 3.63) is 90.1 Å². The van der Waals surface area contributed by atoms with Crippen LogP contribution in [0.5, 0.6) is 0 Å². The zero-order valence-electron chi connectivity index (χ0n) is 17.2. The summed E-state index contributed by atoms with van der Waals surface area (Å²) in [5, 5.41) is 0. The molecule has 5 nitrogen and oxygen atoms in total. The minimum atomic E-state index is 0.0599. The van der Waals surface area contributed by atoms with E-state index < -0.39 is 0 Å². The molecule has 2 heterocycles. The summed E-state index contributed by atoms with van der Waals surface area (Å²) in [5.41, 5.74) is 2.92. The fourth-order valence-electron chi connectivity index (χ4n) is 3.50. The fourth-order valence-corrected chi connectivity index (χ4v) is 3.50. The average Bonchev–Trinajstić information content (AvgIpc) is 3.39. The quantitative estimate of drug-likeness (QED) is 0.427. The largest absolute Gasteiger partial charge is 0.465 e. The van der Waals surface area contributed by atoms with Crippen LogP contribution in [-0.4, -0.2) is 26.4 Å². The molecule has 0 aliphatic carbocycles. The number of hydrogen-bond donors (Lipinski definition) is 0. The number of benzene rings is 2. The highest BCUT2D eigenvalue weighted by molar-refractivity contribution is 5.83. The number of imidazole rings is 1. The van der Waals surface area contributed by atoms with Crippen LogP contribution in [0.3, 0.4) is 0 Å². The molecule has 1 amide bonds. The van der Waals surface area contributed by atoms with E-state index in [0.29, 0.717) is 6.54 Å². The molecule has 0 fully saturated rings. The normalized spacial score (nSPS) is 11.6. The van der Waals surface area contributed by atoms with E-state index in [1.54, 1.807) is 6.26 Å². The van der Waals surface area contributed by atoms with Crippen LogP contribution in [0.2, 0.25) is 0 Å². The first-order chi connectivity index (χ1) is 14.6. The second kappa shape index (κ2) is 8.82. The summed E-state index contributed by atoms with van der Waals surface area (Å²) in [6.07, 6.45) is 5.39. The lowest BCUT2D eigenvalue weighted by atomic mass is 10.2. The molecule has 0 saturated heterocycles. The number of furan rings is 1. The van der Waals surface area contributed by atoms with Crippen LogP contribution in [0.1, 0.15) is 31.0 Å². The molecule has 0 atom stereocenters. The third-order valence-corrected chi connectivity index (χ3v) is 5.06. The molecule has 0 aliphatic heterocycles. The molecule has 0 saturated carbocycles. The van der Waals surface area contributed by atoms with Crippen molar-refractivity contribution in [2.45, 2.75) is 33.0 Å². The highest BCUT2D eigenvalue weighted by Crippen LogP contribution is 2.19. The van der Waals surface area contributed by atoms with Crippen molar-refractivity contribution in [2.75, 3.05) is 0 Å². The van der Waals surface area contributed by atoms with E-state index in [-0.39, 0.29) is 18.5 Å². The van der Waals surface area contributed by atoms with Crippen LogP contribution in [0.4, 0.5) is 0 Å². The summed E-state index contributed by atoms with van der Waals surface area (Å²) in [5.74, 6) is 1.53. The smallest absolute Gasteiger partial charge is 0.243 e. The molecule has 4 rings (SSSR count). The Kier molecular flexibility index (Phi) is 5.80. The number of rotatable bonds is 7. The number of aromatic nitrogens is 2. The summed E-state index contributed by atoms with van der Waals surface area (Å²) >= 11 is 0. The first-order valence-corrected chi connectivity index (χ1v) is 10.1. The van der Waals surface area contributed by atoms with E-state index in [4.69, 9.17) is 9.40 Å². The number of fused-ring (bicyclic) bond motifs is 1. The van der Waals surface area contributed by atoms with E-state index in [1.165, 1.54) is 0 Å². The van der Waals surface area contributed by atoms with Crippen molar-refractivity contribution in [1.82, 2.24) is 14.5 Å². The van der Waals surface area contributed by atoms with Crippen molar-refractivity contribution in [1.29, 1.82) is 0 Å². The van der Waals surface area contributed by atoms with Gasteiger partial charge in [0.1, 0.15) is 18.1 Å². The van der Waals surface area contributed by atoms with Crippen molar-refractivity contribution in [3.63, 3.8) is 0 Å². The predicted octanol–water partition coefficient (Wildman–Crippen LogP) is 5.24. The molecule has 0 radical (unpaired) electrons. The van der Waals surface area contributed by atoms with Crippen LogP contribution < -0.4 is 0 Å². The Bertz CT molecular complexity index is 1140. The van der Waals surface area contributed by atoms with Crippen LogP contribution in [0.25, 0.3) is 23.2 Å². The first-order valence-electron chi connectivity index (χ1n) is 10.1. The molecule has 0 unspecified atom stereocenters. The van der Waals surface area contributed by atoms with E-state index in [1.807, 2.05) is 102 Å². The Morgan fingerprint density at radius 1 is 1.03 bits per heavy atom. The van der Waals surface area contributed by atoms with Crippen molar-refractivity contribution in [3.8, 4) is 0 Å². The summed E-state index contributed by atoms with van der Waals surface area (Å²) in [6.45, 7) is 4.90. The number of para-hydroxylation sites is 2. The van der Waals surface area contributed by atoms with Gasteiger partial charge in [-0.1, -0.05) is 42.5 Å². The van der Waals surface area contributed by atoms with Gasteiger partial charge in [0, 0.05) is 12.6 Å². The van der Waals surface area contributed by atoms with Gasteiger partial charge in [-0.05, 0) is 55.8 Å². The maximum atomic E-state index is 13.3. The van der Waals surface area contributed by atoms with Crippen molar-refractivity contribution < 1.29 is 9.21 Å². The molecule has 2 aromatic carbocycles. The Morgan fingerprint density at radius 2 is 1.80 bits per heavy atom. The second-order valence-electron chi connectivity index (χ2n) is 7.49. The Balaban J connectivity index is 1.64. The molecule has 0 aliphatic rings. The minimum absolute atomic E-state index is 0.0599. The minimum Gasteiger partial charge on any atom is -0.465 e. The molecule has 2 aromatic heterocycles. The zero-order chi connectivity index (χ0) is 20.9. The van der Waals surface area contributed by atoms with Crippen LogP contribution >= 0.6 is 0 Å². The topological polar surface area (TPSA) is 51.3 Å². The van der Waals surface area contributed by atoms with Crippen LogP contribution in [0, 0.1) is 0 Å². The van der Waals surface area contributed by atoms with E-state index in [0.717, 1.165) is 28.2 Å². The molecule has 0 bridgehead atoms. The molecule has 5 heteroatoms. The van der Waals surface area contributed by atoms with E-state index in [2.05, 4.69) is 0 Å². The lowest BCUT2D eigenvalue weighted by Gasteiger charge is -2.27. The lowest BCUT2D eigenvalue weighted by molar-refractivity contribution is -0.134. The van der Waals surface area contributed by atoms with Crippen LogP contribution in [0.15, 0.2) is 77.4 Å². The van der Waals surface area contributed by atoms with Gasteiger partial charge in [0.15, 0.2) is 0 Å². The number of nitrogens with zero attached hydrogens (tertiary/aromatic N) is 3. The first kappa shape index (κ1) is 19.7. The van der Waals surface area contributed by atoms with Gasteiger partial charge in [0.05, 0.1) is 17.3 Å². The fraction of sp³-hybridized carbons (Fsp3) is 0.200. The van der Waals surface area contributed by atoms with Gasteiger partial charge in [0.2, 0.25) is 5.91 Å². The van der Waals surface area contributed by atoms with Gasteiger partial charge in [-0.2, -0.15) is 0 Å². The number of amides is 1. The van der Waals surface area contributed by atoms with Gasteiger partial charge in [0.25, 0.3) is 0 Å². The van der Waals surface area contributed by atoms with Gasteiger partial charge in [-0.15, -0.1) is 0 Å². The SMILES string of the molecule is CC(C)N(Cc1ccccc1)C(=O)Cn1c(/C=C/c2ccco2)nc2ccccc21. The molecule has 0 spiro atoms. The molecule has 152 valence electrons. The van der Waals surface area contributed by atoms with E-state index >= 15 is 0 Å². The third kappa shape index (κ3) is 4.35. The molecule has 4 aromatic rings. The van der Waals surface area contributed by atoms with Gasteiger partial charge in [-0.25, -0.2) is 4.98 Å². The standard InChI is InChI=1S/C25H25N3O2/c1-19(2)27(17-20-9-4-3-5-10-20)25(29)18-28-23-13-7-6-12-22(23)26-24(28)15-14-21-11-8-16-30-21/h3-16,19H,17-18H2,1-2H3/b15-14+. The second-order valence-corrected chi connectivity index (χ2v) is 7.49. The summed E-state index contributed by atoms with van der Waals surface area (Å²) in [7, 11) is 0.